The number of nitrogens with zero attached hydrogens (tertiary/aromatic N) is 1. The van der Waals surface area contributed by atoms with Crippen LogP contribution in [0.1, 0.15) is 16.5 Å². The number of morpholine rings is 1. The maximum Gasteiger partial charge on any atom is 0.410 e. The number of carbonyl (C=O) groups excluding carboxylic acids is 1. The molecule has 110 valence electrons. The number of hydrogen-bond donors (Lipinski definition) is 0. The molecular weight excluding hydrogens is 286 g/mol. The molecule has 0 spiro atoms. The number of ether oxygens (including phenoxy) is 2. The summed E-state index contributed by atoms with van der Waals surface area (Å²) in [5.41, 5.74) is 0.994. The zero-order chi connectivity index (χ0) is 14.5. The molecule has 0 N–H and O–H groups in total. The zero-order valence-corrected chi connectivity index (χ0v) is 12.4. The van der Waals surface area contributed by atoms with Gasteiger partial charge in [-0.15, -0.1) is 11.3 Å². The molecule has 1 aliphatic heterocycles. The summed E-state index contributed by atoms with van der Waals surface area (Å²) in [6.45, 7) is 1.98. The molecule has 0 aliphatic carbocycles. The molecule has 1 fully saturated rings. The monoisotopic (exact) mass is 303 g/mol. The lowest BCUT2D eigenvalue weighted by atomic mass is 10.2. The van der Waals surface area contributed by atoms with Crippen molar-refractivity contribution in [1.29, 1.82) is 0 Å². The van der Waals surface area contributed by atoms with E-state index in [9.17, 15) is 4.79 Å². The van der Waals surface area contributed by atoms with Crippen LogP contribution in [0.25, 0.3) is 0 Å². The van der Waals surface area contributed by atoms with Crippen molar-refractivity contribution in [3.05, 3.63) is 58.3 Å². The van der Waals surface area contributed by atoms with Crippen LogP contribution in [-0.2, 0) is 16.1 Å². The molecule has 2 aromatic rings. The molecule has 1 aromatic carbocycles. The third-order valence-corrected chi connectivity index (χ3v) is 4.35. The van der Waals surface area contributed by atoms with Crippen LogP contribution < -0.4 is 0 Å². The van der Waals surface area contributed by atoms with Gasteiger partial charge in [0.15, 0.2) is 0 Å². The molecule has 1 saturated heterocycles. The fourth-order valence-electron chi connectivity index (χ4n) is 2.27. The number of thiophene rings is 1. The fraction of sp³-hybridized carbons (Fsp3) is 0.312. The Balaban J connectivity index is 1.55. The molecule has 1 atom stereocenters. The smallest absolute Gasteiger partial charge is 0.410 e. The molecular formula is C16H17NO3S. The van der Waals surface area contributed by atoms with Gasteiger partial charge in [-0.2, -0.15) is 0 Å². The molecule has 0 radical (unpaired) electrons. The second-order valence-electron chi connectivity index (χ2n) is 4.86. The summed E-state index contributed by atoms with van der Waals surface area (Å²) in [4.78, 5) is 15.0. The number of rotatable bonds is 3. The van der Waals surface area contributed by atoms with Gasteiger partial charge < -0.3 is 14.4 Å². The fourth-order valence-corrected chi connectivity index (χ4v) is 3.04. The van der Waals surface area contributed by atoms with E-state index < -0.39 is 0 Å². The molecule has 0 bridgehead atoms. The zero-order valence-electron chi connectivity index (χ0n) is 11.6. The van der Waals surface area contributed by atoms with Crippen LogP contribution in [0.4, 0.5) is 4.79 Å². The van der Waals surface area contributed by atoms with Crippen LogP contribution in [0.3, 0.4) is 0 Å². The first-order valence-electron chi connectivity index (χ1n) is 6.93. The Hall–Kier alpha value is -1.85. The molecule has 3 rings (SSSR count). The highest BCUT2D eigenvalue weighted by Gasteiger charge is 2.26. The Morgan fingerprint density at radius 3 is 2.90 bits per heavy atom. The molecule has 1 aromatic heterocycles. The van der Waals surface area contributed by atoms with Crippen molar-refractivity contribution in [2.24, 2.45) is 0 Å². The molecule has 5 heteroatoms. The number of amides is 1. The van der Waals surface area contributed by atoms with E-state index in [1.165, 1.54) is 0 Å². The van der Waals surface area contributed by atoms with Gasteiger partial charge in [0, 0.05) is 11.4 Å². The van der Waals surface area contributed by atoms with Crippen LogP contribution >= 0.6 is 11.3 Å². The maximum atomic E-state index is 12.1. The molecule has 0 unspecified atom stereocenters. The normalized spacial score (nSPS) is 18.5. The lowest BCUT2D eigenvalue weighted by molar-refractivity contribution is -0.0280. The van der Waals surface area contributed by atoms with E-state index in [2.05, 4.69) is 0 Å². The summed E-state index contributed by atoms with van der Waals surface area (Å²) in [5, 5.41) is 2.02. The lowest BCUT2D eigenvalue weighted by Crippen LogP contribution is -2.42. The van der Waals surface area contributed by atoms with E-state index >= 15 is 0 Å². The standard InChI is InChI=1S/C16H17NO3S/c18-16(20-12-13-5-2-1-3-6-13)17-8-9-19-14(11-17)15-7-4-10-21-15/h1-7,10,14H,8-9,11-12H2/t14-/m0/s1. The van der Waals surface area contributed by atoms with Gasteiger partial charge >= 0.3 is 6.09 Å². The van der Waals surface area contributed by atoms with Crippen molar-refractivity contribution in [1.82, 2.24) is 4.90 Å². The number of hydrogen-bond acceptors (Lipinski definition) is 4. The molecule has 21 heavy (non-hydrogen) atoms. The summed E-state index contributed by atoms with van der Waals surface area (Å²) in [6.07, 6.45) is -0.313. The van der Waals surface area contributed by atoms with Gasteiger partial charge in [-0.25, -0.2) is 4.79 Å². The van der Waals surface area contributed by atoms with Crippen LogP contribution in [-0.4, -0.2) is 30.7 Å². The van der Waals surface area contributed by atoms with Crippen molar-refractivity contribution in [3.8, 4) is 0 Å². The average molecular weight is 303 g/mol. The summed E-state index contributed by atoms with van der Waals surface area (Å²) >= 11 is 1.65. The molecule has 1 amide bonds. The highest BCUT2D eigenvalue weighted by atomic mass is 32.1. The summed E-state index contributed by atoms with van der Waals surface area (Å²) < 4.78 is 11.1. The largest absolute Gasteiger partial charge is 0.445 e. The Morgan fingerprint density at radius 1 is 1.29 bits per heavy atom. The van der Waals surface area contributed by atoms with E-state index in [0.717, 1.165) is 10.4 Å². The minimum atomic E-state index is -0.274. The van der Waals surface area contributed by atoms with E-state index in [-0.39, 0.29) is 12.2 Å². The highest BCUT2D eigenvalue weighted by molar-refractivity contribution is 7.10. The van der Waals surface area contributed by atoms with Gasteiger partial charge in [0.2, 0.25) is 0 Å². The van der Waals surface area contributed by atoms with Crippen molar-refractivity contribution in [2.45, 2.75) is 12.7 Å². The predicted octanol–water partition coefficient (Wildman–Crippen LogP) is 3.46. The van der Waals surface area contributed by atoms with Crippen molar-refractivity contribution >= 4 is 17.4 Å². The van der Waals surface area contributed by atoms with Gasteiger partial charge in [-0.3, -0.25) is 0 Å². The summed E-state index contributed by atoms with van der Waals surface area (Å²) in [6, 6.07) is 13.7. The second-order valence-corrected chi connectivity index (χ2v) is 5.84. The predicted molar refractivity (Wildman–Crippen MR) is 81.2 cm³/mol. The second kappa shape index (κ2) is 6.74. The summed E-state index contributed by atoms with van der Waals surface area (Å²) in [5.74, 6) is 0. The Bertz CT molecular complexity index is 570. The van der Waals surface area contributed by atoms with Crippen LogP contribution in [0, 0.1) is 0 Å². The maximum absolute atomic E-state index is 12.1. The van der Waals surface area contributed by atoms with Gasteiger partial charge in [-0.1, -0.05) is 36.4 Å². The SMILES string of the molecule is O=C(OCc1ccccc1)N1CCO[C@H](c2cccs2)C1. The minimum absolute atomic E-state index is 0.0389. The summed E-state index contributed by atoms with van der Waals surface area (Å²) in [7, 11) is 0. The third kappa shape index (κ3) is 3.62. The Morgan fingerprint density at radius 2 is 2.14 bits per heavy atom. The first kappa shape index (κ1) is 14.1. The van der Waals surface area contributed by atoms with Crippen LogP contribution in [0.15, 0.2) is 47.8 Å². The van der Waals surface area contributed by atoms with Gasteiger partial charge in [-0.05, 0) is 17.0 Å². The van der Waals surface area contributed by atoms with Gasteiger partial charge in [0.05, 0.1) is 13.2 Å². The van der Waals surface area contributed by atoms with E-state index in [1.807, 2.05) is 47.8 Å². The first-order chi connectivity index (χ1) is 10.3. The molecule has 0 saturated carbocycles. The first-order valence-corrected chi connectivity index (χ1v) is 7.81. The molecule has 2 heterocycles. The lowest BCUT2D eigenvalue weighted by Gasteiger charge is -2.31. The van der Waals surface area contributed by atoms with Crippen molar-refractivity contribution in [2.75, 3.05) is 19.7 Å². The van der Waals surface area contributed by atoms with Crippen LogP contribution in [0.2, 0.25) is 0 Å². The van der Waals surface area contributed by atoms with Crippen LogP contribution in [0.5, 0.6) is 0 Å². The Labute approximate surface area is 127 Å². The average Bonchev–Trinajstić information content (AvgIpc) is 3.08. The van der Waals surface area contributed by atoms with E-state index in [4.69, 9.17) is 9.47 Å². The third-order valence-electron chi connectivity index (χ3n) is 3.39. The molecule has 4 nitrogen and oxygen atoms in total. The molecule has 1 aliphatic rings. The number of benzene rings is 1. The quantitative estimate of drug-likeness (QED) is 0.871. The van der Waals surface area contributed by atoms with E-state index in [0.29, 0.717) is 26.3 Å². The topological polar surface area (TPSA) is 38.8 Å². The van der Waals surface area contributed by atoms with Crippen molar-refractivity contribution < 1.29 is 14.3 Å². The van der Waals surface area contributed by atoms with Gasteiger partial charge in [0.25, 0.3) is 0 Å². The minimum Gasteiger partial charge on any atom is -0.445 e. The van der Waals surface area contributed by atoms with Crippen molar-refractivity contribution in [3.63, 3.8) is 0 Å². The van der Waals surface area contributed by atoms with Gasteiger partial charge in [0.1, 0.15) is 12.7 Å². The highest BCUT2D eigenvalue weighted by Crippen LogP contribution is 2.26. The Kier molecular flexibility index (Phi) is 4.52. The number of carbonyl (C=O) groups is 1. The van der Waals surface area contributed by atoms with E-state index in [1.54, 1.807) is 16.2 Å².